The van der Waals surface area contributed by atoms with Gasteiger partial charge in [0.05, 0.1) is 61.8 Å². The molecule has 2 fully saturated rings. The number of nitrogen functional groups attached to an aromatic ring is 1. The summed E-state index contributed by atoms with van der Waals surface area (Å²) in [5.74, 6) is 0.284. The number of likely N-dealkylation sites (tertiary alicyclic amines) is 1. The minimum absolute atomic E-state index is 0.237. The van der Waals surface area contributed by atoms with E-state index in [1.165, 1.54) is 0 Å². The number of benzene rings is 1. The van der Waals surface area contributed by atoms with Gasteiger partial charge in [-0.1, -0.05) is 0 Å². The van der Waals surface area contributed by atoms with E-state index >= 15 is 0 Å². The number of anilines is 1. The molecule has 3 N–H and O–H groups in total. The van der Waals surface area contributed by atoms with E-state index in [2.05, 4.69) is 14.5 Å². The molecule has 7 heteroatoms. The molecule has 5 rings (SSSR count). The van der Waals surface area contributed by atoms with Crippen molar-refractivity contribution in [3.63, 3.8) is 0 Å². The van der Waals surface area contributed by atoms with E-state index in [9.17, 15) is 5.11 Å². The fourth-order valence-electron chi connectivity index (χ4n) is 4.33. The molecule has 2 saturated heterocycles. The minimum atomic E-state index is 0.237. The fraction of sp³-hybridized carbons (Fsp3) is 0.526. The summed E-state index contributed by atoms with van der Waals surface area (Å²) >= 11 is 0. The van der Waals surface area contributed by atoms with Gasteiger partial charge in [-0.15, -0.1) is 0 Å². The lowest BCUT2D eigenvalue weighted by molar-refractivity contribution is -0.0578. The van der Waals surface area contributed by atoms with Crippen LogP contribution in [0.1, 0.15) is 18.0 Å². The van der Waals surface area contributed by atoms with Crippen LogP contribution in [0.2, 0.25) is 0 Å². The highest BCUT2D eigenvalue weighted by Gasteiger charge is 2.35. The van der Waals surface area contributed by atoms with Gasteiger partial charge in [0.2, 0.25) is 5.88 Å². The van der Waals surface area contributed by atoms with Crippen LogP contribution in [0.3, 0.4) is 0 Å². The molecule has 2 aromatic rings. The molecule has 1 atom stereocenters. The zero-order valence-electron chi connectivity index (χ0n) is 14.7. The van der Waals surface area contributed by atoms with Crippen LogP contribution in [-0.2, 0) is 9.47 Å². The van der Waals surface area contributed by atoms with Gasteiger partial charge in [0, 0.05) is 24.2 Å². The van der Waals surface area contributed by atoms with Crippen LogP contribution in [-0.4, -0.2) is 72.4 Å². The van der Waals surface area contributed by atoms with Crippen LogP contribution in [0.4, 0.5) is 5.69 Å². The number of rotatable bonds is 3. The van der Waals surface area contributed by atoms with Crippen LogP contribution in [0.5, 0.6) is 5.88 Å². The Hall–Kier alpha value is -2.09. The number of nitrogens with zero attached hydrogens (tertiary/aromatic N) is 3. The second-order valence-electron chi connectivity index (χ2n) is 7.35. The lowest BCUT2D eigenvalue weighted by atomic mass is 10.1. The molecule has 7 nitrogen and oxygen atoms in total. The van der Waals surface area contributed by atoms with Crippen molar-refractivity contribution in [2.75, 3.05) is 51.8 Å². The molecule has 4 heterocycles. The largest absolute Gasteiger partial charge is 0.494 e. The number of hydrogen-bond acceptors (Lipinski definition) is 6. The Morgan fingerprint density at radius 1 is 1.19 bits per heavy atom. The van der Waals surface area contributed by atoms with Crippen LogP contribution in [0, 0.1) is 0 Å². The monoisotopic (exact) mass is 356 g/mol. The summed E-state index contributed by atoms with van der Waals surface area (Å²) < 4.78 is 13.0. The highest BCUT2D eigenvalue weighted by molar-refractivity contribution is 6.14. The van der Waals surface area contributed by atoms with E-state index in [0.29, 0.717) is 31.5 Å². The predicted octanol–water partition coefficient (Wildman–Crippen LogP) is 1.39. The van der Waals surface area contributed by atoms with E-state index in [0.717, 1.165) is 54.9 Å². The first-order chi connectivity index (χ1) is 12.7. The first-order valence-corrected chi connectivity index (χ1v) is 9.28. The summed E-state index contributed by atoms with van der Waals surface area (Å²) in [4.78, 5) is 7.07. The van der Waals surface area contributed by atoms with Gasteiger partial charge >= 0.3 is 0 Å². The zero-order chi connectivity index (χ0) is 17.7. The Morgan fingerprint density at radius 2 is 2.08 bits per heavy atom. The van der Waals surface area contributed by atoms with Gasteiger partial charge in [-0.25, -0.2) is 0 Å². The highest BCUT2D eigenvalue weighted by atomic mass is 16.5. The summed E-state index contributed by atoms with van der Waals surface area (Å²) in [6.45, 7) is 5.29. The fourth-order valence-corrected chi connectivity index (χ4v) is 4.33. The molecule has 0 radical (unpaired) electrons. The summed E-state index contributed by atoms with van der Waals surface area (Å²) in [6.07, 6.45) is 1.01. The van der Waals surface area contributed by atoms with E-state index in [-0.39, 0.29) is 11.9 Å². The van der Waals surface area contributed by atoms with Gasteiger partial charge in [0.15, 0.2) is 0 Å². The van der Waals surface area contributed by atoms with Crippen molar-refractivity contribution >= 4 is 22.3 Å². The van der Waals surface area contributed by atoms with Gasteiger partial charge < -0.3 is 24.9 Å². The Morgan fingerprint density at radius 3 is 2.81 bits per heavy atom. The third-order valence-corrected chi connectivity index (χ3v) is 5.76. The van der Waals surface area contributed by atoms with Gasteiger partial charge in [0.1, 0.15) is 0 Å². The number of nitrogens with two attached hydrogens (primary N) is 1. The van der Waals surface area contributed by atoms with Crippen molar-refractivity contribution in [3.8, 4) is 5.88 Å². The number of fused-ring (bicyclic) bond motifs is 1. The van der Waals surface area contributed by atoms with Gasteiger partial charge in [-0.2, -0.15) is 0 Å². The third-order valence-electron chi connectivity index (χ3n) is 5.76. The number of aromatic nitrogens is 1. The number of hydrogen-bond donors (Lipinski definition) is 2. The Kier molecular flexibility index (Phi) is 3.88. The van der Waals surface area contributed by atoms with E-state index in [4.69, 9.17) is 15.2 Å². The molecule has 3 aliphatic heterocycles. The molecule has 1 aromatic carbocycles. The molecule has 0 amide bonds. The predicted molar refractivity (Wildman–Crippen MR) is 100 cm³/mol. The number of aliphatic imine (C=N–C) groups is 1. The molecule has 138 valence electrons. The smallest absolute Gasteiger partial charge is 0.201 e. The van der Waals surface area contributed by atoms with E-state index in [1.54, 1.807) is 0 Å². The van der Waals surface area contributed by atoms with Crippen LogP contribution < -0.4 is 5.73 Å². The molecule has 26 heavy (non-hydrogen) atoms. The van der Waals surface area contributed by atoms with Crippen molar-refractivity contribution in [2.45, 2.75) is 18.5 Å². The van der Waals surface area contributed by atoms with Crippen molar-refractivity contribution in [1.82, 2.24) is 9.47 Å². The third kappa shape index (κ3) is 2.50. The summed E-state index contributed by atoms with van der Waals surface area (Å²) in [5.41, 5.74) is 9.32. The SMILES string of the molecule is Nc1ccc2c(c1)c(C1=NCCOC1)c(O)n2C1CCN(C2COC2)C1. The standard InChI is InChI=1S/C19H24N4O3/c20-12-1-2-17-15(7-12)18(16-11-25-6-4-21-16)19(24)23(17)13-3-5-22(8-13)14-9-26-10-14/h1-2,7,13-14,24H,3-6,8-11,20H2. The summed E-state index contributed by atoms with van der Waals surface area (Å²) in [6, 6.07) is 6.60. The normalized spacial score (nSPS) is 24.8. The minimum Gasteiger partial charge on any atom is -0.494 e. The number of aromatic hydroxyl groups is 1. The summed E-state index contributed by atoms with van der Waals surface area (Å²) in [7, 11) is 0. The molecule has 0 spiro atoms. The molecule has 0 saturated carbocycles. The average Bonchev–Trinajstić information content (AvgIpc) is 3.16. The average molecular weight is 356 g/mol. The lowest BCUT2D eigenvalue weighted by Crippen LogP contribution is -2.47. The summed E-state index contributed by atoms with van der Waals surface area (Å²) in [5, 5.41) is 12.1. The molecule has 0 aliphatic carbocycles. The van der Waals surface area contributed by atoms with Gasteiger partial charge in [-0.3, -0.25) is 9.89 Å². The zero-order valence-corrected chi connectivity index (χ0v) is 14.7. The van der Waals surface area contributed by atoms with E-state index < -0.39 is 0 Å². The number of ether oxygens (including phenoxy) is 2. The second-order valence-corrected chi connectivity index (χ2v) is 7.35. The molecule has 1 unspecified atom stereocenters. The molecule has 0 bridgehead atoms. The lowest BCUT2D eigenvalue weighted by Gasteiger charge is -2.34. The Bertz CT molecular complexity index is 871. The van der Waals surface area contributed by atoms with Crippen molar-refractivity contribution in [2.24, 2.45) is 4.99 Å². The maximum atomic E-state index is 11.2. The van der Waals surface area contributed by atoms with Crippen LogP contribution >= 0.6 is 0 Å². The molecular formula is C19H24N4O3. The van der Waals surface area contributed by atoms with Gasteiger partial charge in [0.25, 0.3) is 0 Å². The topological polar surface area (TPSA) is 85.2 Å². The molecular weight excluding hydrogens is 332 g/mol. The first-order valence-electron chi connectivity index (χ1n) is 9.28. The molecule has 1 aromatic heterocycles. The highest BCUT2D eigenvalue weighted by Crippen LogP contribution is 2.39. The van der Waals surface area contributed by atoms with Crippen LogP contribution in [0.15, 0.2) is 23.2 Å². The quantitative estimate of drug-likeness (QED) is 0.812. The van der Waals surface area contributed by atoms with Crippen molar-refractivity contribution in [3.05, 3.63) is 23.8 Å². The maximum absolute atomic E-state index is 11.2. The Labute approximate surface area is 152 Å². The second kappa shape index (κ2) is 6.26. The van der Waals surface area contributed by atoms with Gasteiger partial charge in [-0.05, 0) is 24.6 Å². The molecule has 3 aliphatic rings. The van der Waals surface area contributed by atoms with E-state index in [1.807, 2.05) is 18.2 Å². The van der Waals surface area contributed by atoms with Crippen molar-refractivity contribution < 1.29 is 14.6 Å². The van der Waals surface area contributed by atoms with Crippen molar-refractivity contribution in [1.29, 1.82) is 0 Å². The Balaban J connectivity index is 1.59. The first kappa shape index (κ1) is 16.1. The maximum Gasteiger partial charge on any atom is 0.201 e. The van der Waals surface area contributed by atoms with Crippen LogP contribution in [0.25, 0.3) is 10.9 Å².